The Morgan fingerprint density at radius 1 is 0.476 bits per heavy atom. The van der Waals surface area contributed by atoms with Crippen molar-refractivity contribution in [3.05, 3.63) is 72.1 Å². The maximum absolute atomic E-state index is 14.5. The molecule has 2 aliphatic heterocycles. The molecule has 0 bridgehead atoms. The number of nitrogens with two attached hydrogens (primary N) is 4. The van der Waals surface area contributed by atoms with Gasteiger partial charge >= 0.3 is 11.9 Å². The molecular weight excluding hydrogens is 1700 g/mol. The van der Waals surface area contributed by atoms with Crippen LogP contribution < -0.4 is 86.7 Å². The molecule has 26 N–H and O–H groups in total. The summed E-state index contributed by atoms with van der Waals surface area (Å²) in [5.41, 5.74) is 24.2. The van der Waals surface area contributed by atoms with E-state index >= 15 is 0 Å². The number of carboxylic acids is 2. The first-order valence-corrected chi connectivity index (χ1v) is 43.5. The summed E-state index contributed by atoms with van der Waals surface area (Å²) in [7, 11) is 5.14. The zero-order valence-corrected chi connectivity index (χ0v) is 71.8. The number of nitrogens with one attached hydrogen (secondary N) is 16. The van der Waals surface area contributed by atoms with E-state index in [4.69, 9.17) is 33.8 Å². The summed E-state index contributed by atoms with van der Waals surface area (Å²) in [5, 5.41) is 66.0. The van der Waals surface area contributed by atoms with Crippen LogP contribution in [-0.4, -0.2) is 308 Å². The van der Waals surface area contributed by atoms with Crippen LogP contribution >= 0.6 is 46.8 Å². The molecule has 678 valence electrons. The van der Waals surface area contributed by atoms with Crippen molar-refractivity contribution in [2.24, 2.45) is 22.9 Å². The molecule has 2 fully saturated rings. The van der Waals surface area contributed by atoms with Gasteiger partial charge < -0.3 is 127 Å². The fourth-order valence-electron chi connectivity index (χ4n) is 13.6. The van der Waals surface area contributed by atoms with Crippen LogP contribution in [0.5, 0.6) is 0 Å². The number of H-pyrrole nitrogens is 2. The Kier molecular flexibility index (Phi) is 41.5. The van der Waals surface area contributed by atoms with Gasteiger partial charge in [0.15, 0.2) is 11.9 Å². The summed E-state index contributed by atoms with van der Waals surface area (Å²) in [4.78, 5) is 252. The van der Waals surface area contributed by atoms with Gasteiger partial charge in [0.2, 0.25) is 94.5 Å². The second-order valence-electron chi connectivity index (χ2n) is 29.3. The average molecular weight is 1810 g/mol. The van der Waals surface area contributed by atoms with Gasteiger partial charge in [0.1, 0.15) is 60.4 Å². The molecular formula is C76H110N24O20S4. The van der Waals surface area contributed by atoms with Gasteiger partial charge in [-0.15, -0.1) is 0 Å². The van der Waals surface area contributed by atoms with Crippen LogP contribution in [0.3, 0.4) is 0 Å². The lowest BCUT2D eigenvalue weighted by atomic mass is 10.0. The van der Waals surface area contributed by atoms with Crippen molar-refractivity contribution < 1.29 is 96.5 Å². The minimum absolute atomic E-state index is 0.0353. The summed E-state index contributed by atoms with van der Waals surface area (Å²) in [6, 6.07) is 0.388. The number of hydrogen-bond acceptors (Lipinski definition) is 24. The number of aromatic amines is 2. The highest BCUT2D eigenvalue weighted by atomic mass is 33.1. The number of rotatable bonds is 53. The SMILES string of the molecule is CN(CC(=O)N[C@@H](CCCCNC(=N)N)C(=O)NCC(=O)N[C@@H](CC(=O)O)C(=O)N[C@@H](Cc1c[nH]c2ccccc12)C(=O)N1CCC[C@H]1C(=O)N[C@@H](CS)C(N)=O)C(=O)CCSSCCC(=O)N(C)CC(=O)N[C@@H](CCCCNC(=N)N)C(=O)NCC(=O)N[C@@H](CC(=O)O)C(=O)N[C@@H](Cc1c[nH]c2ccccc12)C(=O)N1CCC[C@H]1C(=O)N[C@@H](CS)C(N)=O. The van der Waals surface area contributed by atoms with Crippen molar-refractivity contribution in [3.8, 4) is 0 Å². The average Bonchev–Trinajstić information content (AvgIpc) is 1.64. The van der Waals surface area contributed by atoms with Crippen molar-refractivity contribution in [1.29, 1.82) is 10.8 Å². The van der Waals surface area contributed by atoms with E-state index in [1.165, 1.54) is 45.5 Å². The van der Waals surface area contributed by atoms with Crippen LogP contribution in [0.4, 0.5) is 0 Å². The molecule has 0 radical (unpaired) electrons. The van der Waals surface area contributed by atoms with Gasteiger partial charge in [-0.2, -0.15) is 25.3 Å². The molecule has 0 aliphatic carbocycles. The smallest absolute Gasteiger partial charge is 0.305 e. The van der Waals surface area contributed by atoms with Gasteiger partial charge in [-0.1, -0.05) is 58.0 Å². The van der Waals surface area contributed by atoms with Crippen molar-refractivity contribution in [2.45, 2.75) is 163 Å². The summed E-state index contributed by atoms with van der Waals surface area (Å²) in [5.74, 6) is -16.8. The van der Waals surface area contributed by atoms with E-state index in [1.54, 1.807) is 60.9 Å². The lowest BCUT2D eigenvalue weighted by molar-refractivity contribution is -0.143. The van der Waals surface area contributed by atoms with Crippen molar-refractivity contribution in [1.82, 2.24) is 93.4 Å². The number of aliphatic carboxylic acids is 2. The molecule has 4 aromatic rings. The summed E-state index contributed by atoms with van der Waals surface area (Å²) in [6.07, 6.45) is 2.93. The summed E-state index contributed by atoms with van der Waals surface area (Å²) < 4.78 is 0. The first-order chi connectivity index (χ1) is 59.0. The molecule has 124 heavy (non-hydrogen) atoms. The largest absolute Gasteiger partial charge is 0.481 e. The predicted octanol–water partition coefficient (Wildman–Crippen LogP) is -5.31. The number of unbranched alkanes of at least 4 members (excludes halogenated alkanes) is 2. The highest BCUT2D eigenvalue weighted by Crippen LogP contribution is 2.27. The fraction of sp³-hybridized carbons (Fsp3) is 0.526. The Hall–Kier alpha value is -12.1. The molecule has 2 aromatic heterocycles. The van der Waals surface area contributed by atoms with Crippen LogP contribution in [0.25, 0.3) is 21.8 Å². The van der Waals surface area contributed by atoms with E-state index in [9.17, 15) is 96.5 Å². The lowest BCUT2D eigenvalue weighted by Crippen LogP contribution is -2.59. The molecule has 44 nitrogen and oxygen atoms in total. The molecule has 0 spiro atoms. The number of primary amides is 2. The Labute approximate surface area is 731 Å². The molecule has 16 amide bonds. The van der Waals surface area contributed by atoms with Gasteiger partial charge in [0.25, 0.3) is 0 Å². The van der Waals surface area contributed by atoms with Crippen LogP contribution in [0.15, 0.2) is 60.9 Å². The number of hydrogen-bond donors (Lipinski definition) is 24. The number of thiol groups is 2. The minimum atomic E-state index is -1.84. The van der Waals surface area contributed by atoms with Gasteiger partial charge in [-0.25, -0.2) is 0 Å². The van der Waals surface area contributed by atoms with Gasteiger partial charge in [-0.05, 0) is 87.5 Å². The Morgan fingerprint density at radius 3 is 1.19 bits per heavy atom. The van der Waals surface area contributed by atoms with Crippen molar-refractivity contribution in [3.63, 3.8) is 0 Å². The third-order valence-electron chi connectivity index (χ3n) is 20.0. The first-order valence-electron chi connectivity index (χ1n) is 39.8. The van der Waals surface area contributed by atoms with E-state index in [1.807, 2.05) is 0 Å². The van der Waals surface area contributed by atoms with Crippen molar-refractivity contribution >= 4 is 187 Å². The number of carboxylic acid groups (broad SMARTS) is 2. The van der Waals surface area contributed by atoms with Gasteiger partial charge in [-0.3, -0.25) is 97.1 Å². The molecule has 2 aliphatic rings. The maximum atomic E-state index is 14.5. The second-order valence-corrected chi connectivity index (χ2v) is 32.8. The monoisotopic (exact) mass is 1810 g/mol. The van der Waals surface area contributed by atoms with E-state index < -0.39 is 206 Å². The van der Waals surface area contributed by atoms with Crippen LogP contribution in [0.2, 0.25) is 0 Å². The molecule has 2 aromatic carbocycles. The molecule has 48 heteroatoms. The number of nitrogens with zero attached hydrogens (tertiary/aromatic N) is 4. The number of amides is 16. The number of fused-ring (bicyclic) bond motifs is 2. The molecule has 2 saturated heterocycles. The quantitative estimate of drug-likeness (QED) is 0.00645. The van der Waals surface area contributed by atoms with Crippen molar-refractivity contribution in [2.75, 3.05) is 89.5 Å². The molecule has 4 heterocycles. The van der Waals surface area contributed by atoms with E-state index in [2.05, 4.69) is 99.0 Å². The Morgan fingerprint density at radius 2 is 0.839 bits per heavy atom. The standard InChI is InChI=1S/C76H110N24O20S4/c1-97(37-59(103)89-47(17-7-9-23-83-75(79)80)67(113)87-35-57(101)91-49(31-63(107)108)69(115)93-51(29-41-33-85-45-15-5-3-13-43(41)45)73(119)99-25-11-19-55(99)71(117)95-53(39-121)65(77)111)61(105)21-27-123-124-28-22-62(106)98(2)38-60(104)90-48(18-8-10-24-84-76(81)82)68(114)88-36-58(102)92-50(32-64(109)110)70(116)94-52(30-42-34-86-46-16-6-4-14-44(42)46)74(120)100-26-12-20-56(100)72(118)96-54(40-122)66(78)112/h3-6,13-16,33-34,47-56,85-86,121-122H,7-12,17-32,35-40H2,1-2H3,(H2,77,111)(H2,78,112)(H,87,113)(H,88,114)(H,89,103)(H,90,104)(H,91,101)(H,92,102)(H,93,115)(H,94,116)(H,95,117)(H,96,118)(H,107,108)(H,109,110)(H4,79,80,83)(H4,81,82,84)/t47-,48-,49-,50-,51-,52-,53-,54-,55-,56-/m0/s1. The lowest BCUT2D eigenvalue weighted by Gasteiger charge is -2.30. The molecule has 0 unspecified atom stereocenters. The third kappa shape index (κ3) is 33.0. The van der Waals surface area contributed by atoms with Crippen LogP contribution in [0, 0.1) is 10.8 Å². The van der Waals surface area contributed by atoms with E-state index in [-0.39, 0.29) is 125 Å². The molecule has 0 saturated carbocycles. The third-order valence-corrected chi connectivity index (χ3v) is 23.1. The number of carbonyl (C=O) groups excluding carboxylic acids is 16. The van der Waals surface area contributed by atoms with Gasteiger partial charge in [0.05, 0.1) is 39.0 Å². The zero-order chi connectivity index (χ0) is 91.3. The zero-order valence-electron chi connectivity index (χ0n) is 68.4. The van der Waals surface area contributed by atoms with Gasteiger partial charge in [0, 0.05) is 123 Å². The first kappa shape index (κ1) is 101. The normalized spacial score (nSPS) is 15.4. The number of likely N-dealkylation sites (tertiary alicyclic amines) is 2. The highest BCUT2D eigenvalue weighted by Gasteiger charge is 2.43. The minimum Gasteiger partial charge on any atom is -0.481 e. The highest BCUT2D eigenvalue weighted by molar-refractivity contribution is 8.76. The second kappa shape index (κ2) is 51.1. The topological polar surface area (TPSA) is 688 Å². The number of aromatic nitrogens is 2. The molecule has 6 rings (SSSR count). The number of guanidine groups is 2. The Bertz CT molecular complexity index is 4240. The molecule has 10 atom stereocenters. The summed E-state index contributed by atoms with van der Waals surface area (Å²) in [6.45, 7) is -2.22. The van der Waals surface area contributed by atoms with E-state index in [0.717, 1.165) is 9.80 Å². The number of likely N-dealkylation sites (N-methyl/N-ethyl adjacent to an activating group) is 2. The number of para-hydroxylation sites is 2. The maximum Gasteiger partial charge on any atom is 0.305 e. The van der Waals surface area contributed by atoms with Crippen LogP contribution in [-0.2, 0) is 99.1 Å². The number of carbonyl (C=O) groups is 18. The van der Waals surface area contributed by atoms with E-state index in [0.29, 0.717) is 58.6 Å². The van der Waals surface area contributed by atoms with Crippen LogP contribution in [0.1, 0.15) is 101 Å². The summed E-state index contributed by atoms with van der Waals surface area (Å²) >= 11 is 8.17. The predicted molar refractivity (Wildman–Crippen MR) is 463 cm³/mol. The Balaban J connectivity index is 0.978. The number of benzene rings is 2. The fourth-order valence-corrected chi connectivity index (χ4v) is 16.1.